The molecule has 1 aliphatic rings. The topological polar surface area (TPSA) is 82.6 Å². The Balaban J connectivity index is 2.00. The number of nitrogens with zero attached hydrogens (tertiary/aromatic N) is 3. The maximum absolute atomic E-state index is 12.8. The molecule has 1 amide bonds. The second kappa shape index (κ2) is 6.74. The largest absolute Gasteiger partial charge is 0.371 e. The first-order valence-corrected chi connectivity index (χ1v) is 10.1. The molecule has 25 heavy (non-hydrogen) atoms. The molecule has 7 nitrogen and oxygen atoms in total. The average molecular weight is 380 g/mol. The maximum atomic E-state index is 12.8. The van der Waals surface area contributed by atoms with Gasteiger partial charge in [0.05, 0.1) is 10.5 Å². The summed E-state index contributed by atoms with van der Waals surface area (Å²) in [5.41, 5.74) is 1.09. The fourth-order valence-electron chi connectivity index (χ4n) is 2.48. The zero-order valence-corrected chi connectivity index (χ0v) is 15.9. The molecule has 1 aromatic carbocycles. The molecule has 0 unspecified atom stereocenters. The highest BCUT2D eigenvalue weighted by atomic mass is 32.2. The van der Waals surface area contributed by atoms with Crippen LogP contribution in [0.15, 0.2) is 29.3 Å². The number of rotatable bonds is 5. The summed E-state index contributed by atoms with van der Waals surface area (Å²) in [5.74, 6) is -0.355. The van der Waals surface area contributed by atoms with E-state index in [1.807, 2.05) is 6.92 Å². The number of carbonyl (C=O) groups excluding carboxylic acids is 1. The van der Waals surface area contributed by atoms with Crippen molar-refractivity contribution >= 4 is 38.1 Å². The number of thiazole rings is 1. The van der Waals surface area contributed by atoms with Crippen LogP contribution in [0.3, 0.4) is 0 Å². The van der Waals surface area contributed by atoms with Gasteiger partial charge in [-0.05, 0) is 31.5 Å². The molecule has 1 aromatic heterocycles. The molecule has 0 radical (unpaired) electrons. The average Bonchev–Trinajstić information content (AvgIpc) is 2.90. The van der Waals surface area contributed by atoms with E-state index in [0.717, 1.165) is 34.4 Å². The fourth-order valence-corrected chi connectivity index (χ4v) is 4.07. The van der Waals surface area contributed by atoms with Gasteiger partial charge < -0.3 is 4.90 Å². The van der Waals surface area contributed by atoms with E-state index >= 15 is 0 Å². The van der Waals surface area contributed by atoms with Crippen LogP contribution >= 0.6 is 11.3 Å². The number of anilines is 2. The van der Waals surface area contributed by atoms with Crippen molar-refractivity contribution < 1.29 is 13.2 Å². The van der Waals surface area contributed by atoms with Gasteiger partial charge in [0.15, 0.2) is 5.13 Å². The first-order chi connectivity index (χ1) is 11.8. The highest BCUT2D eigenvalue weighted by Gasteiger charge is 2.25. The van der Waals surface area contributed by atoms with Gasteiger partial charge in [0.2, 0.25) is 10.0 Å². The van der Waals surface area contributed by atoms with Crippen molar-refractivity contribution in [3.8, 4) is 0 Å². The lowest BCUT2D eigenvalue weighted by atomic mass is 10.1. The van der Waals surface area contributed by atoms with E-state index < -0.39 is 10.0 Å². The van der Waals surface area contributed by atoms with Crippen molar-refractivity contribution in [1.29, 1.82) is 0 Å². The van der Waals surface area contributed by atoms with Gasteiger partial charge >= 0.3 is 0 Å². The van der Waals surface area contributed by atoms with Gasteiger partial charge in [-0.2, -0.15) is 0 Å². The maximum Gasteiger partial charge on any atom is 0.259 e. The Hall–Kier alpha value is -1.97. The van der Waals surface area contributed by atoms with Gasteiger partial charge in [0.1, 0.15) is 0 Å². The Bertz CT molecular complexity index is 902. The molecule has 3 rings (SSSR count). The molecule has 0 saturated carbocycles. The second-order valence-corrected chi connectivity index (χ2v) is 9.42. The lowest BCUT2D eigenvalue weighted by molar-refractivity contribution is 0.102. The molecular formula is C16H20N4O3S2. The summed E-state index contributed by atoms with van der Waals surface area (Å²) in [4.78, 5) is 20.0. The van der Waals surface area contributed by atoms with Crippen LogP contribution in [0.25, 0.3) is 0 Å². The van der Waals surface area contributed by atoms with Gasteiger partial charge in [-0.3, -0.25) is 10.1 Å². The molecule has 0 aliphatic carbocycles. The van der Waals surface area contributed by atoms with Crippen LogP contribution in [0.2, 0.25) is 0 Å². The number of amides is 1. The molecule has 134 valence electrons. The minimum absolute atomic E-state index is 0.0993. The summed E-state index contributed by atoms with van der Waals surface area (Å²) in [7, 11) is -0.673. The summed E-state index contributed by atoms with van der Waals surface area (Å²) in [5, 5.41) is 3.26. The zero-order chi connectivity index (χ0) is 18.2. The standard InChI is InChI=1S/C16H20N4O3S2/c1-11-10-17-16(24-11)18-15(21)13-9-12(25(22,23)19(2)3)5-6-14(13)20-7-4-8-20/h5-6,9-10H,4,7-8H2,1-3H3,(H,17,18,21). The minimum Gasteiger partial charge on any atom is -0.371 e. The Kier molecular flexibility index (Phi) is 4.81. The predicted molar refractivity (Wildman–Crippen MR) is 98.9 cm³/mol. The molecule has 0 atom stereocenters. The number of aryl methyl sites for hydroxylation is 1. The van der Waals surface area contributed by atoms with Crippen LogP contribution in [-0.4, -0.2) is 50.8 Å². The van der Waals surface area contributed by atoms with Crippen LogP contribution in [0.4, 0.5) is 10.8 Å². The van der Waals surface area contributed by atoms with Crippen molar-refractivity contribution in [3.05, 3.63) is 34.8 Å². The van der Waals surface area contributed by atoms with Gasteiger partial charge in [-0.15, -0.1) is 11.3 Å². The number of nitrogens with one attached hydrogen (secondary N) is 1. The Morgan fingerprint density at radius 3 is 2.56 bits per heavy atom. The third-order valence-corrected chi connectivity index (χ3v) is 6.67. The third-order valence-electron chi connectivity index (χ3n) is 4.03. The fraction of sp³-hybridized carbons (Fsp3) is 0.375. The molecule has 1 saturated heterocycles. The first-order valence-electron chi connectivity index (χ1n) is 7.84. The monoisotopic (exact) mass is 380 g/mol. The van der Waals surface area contributed by atoms with Crippen LogP contribution in [-0.2, 0) is 10.0 Å². The normalized spacial score (nSPS) is 14.5. The van der Waals surface area contributed by atoms with Crippen LogP contribution < -0.4 is 10.2 Å². The molecule has 2 heterocycles. The summed E-state index contributed by atoms with van der Waals surface area (Å²) < 4.78 is 25.9. The third kappa shape index (κ3) is 3.53. The van der Waals surface area contributed by atoms with Gasteiger partial charge in [0.25, 0.3) is 5.91 Å². The van der Waals surface area contributed by atoms with Crippen LogP contribution in [0.1, 0.15) is 21.7 Å². The second-order valence-electron chi connectivity index (χ2n) is 6.04. The summed E-state index contributed by atoms with van der Waals surface area (Å²) >= 11 is 1.38. The van der Waals surface area contributed by atoms with Gasteiger partial charge in [-0.1, -0.05) is 0 Å². The van der Waals surface area contributed by atoms with E-state index in [0.29, 0.717) is 10.7 Å². The Labute approximate surface area is 151 Å². The molecule has 1 aliphatic heterocycles. The van der Waals surface area contributed by atoms with E-state index in [9.17, 15) is 13.2 Å². The van der Waals surface area contributed by atoms with Gasteiger partial charge in [0, 0.05) is 43.9 Å². The van der Waals surface area contributed by atoms with Crippen molar-refractivity contribution in [2.75, 3.05) is 37.4 Å². The highest BCUT2D eigenvalue weighted by molar-refractivity contribution is 7.89. The van der Waals surface area contributed by atoms with E-state index in [4.69, 9.17) is 0 Å². The highest BCUT2D eigenvalue weighted by Crippen LogP contribution is 2.29. The number of carbonyl (C=O) groups is 1. The Morgan fingerprint density at radius 2 is 2.04 bits per heavy atom. The molecule has 1 N–H and O–H groups in total. The quantitative estimate of drug-likeness (QED) is 0.860. The number of hydrogen-bond donors (Lipinski definition) is 1. The van der Waals surface area contributed by atoms with Gasteiger partial charge in [-0.25, -0.2) is 17.7 Å². The SMILES string of the molecule is Cc1cnc(NC(=O)c2cc(S(=O)(=O)N(C)C)ccc2N2CCC2)s1. The lowest BCUT2D eigenvalue weighted by Crippen LogP contribution is -2.38. The van der Waals surface area contributed by atoms with Crippen molar-refractivity contribution in [2.45, 2.75) is 18.2 Å². The smallest absolute Gasteiger partial charge is 0.259 e. The van der Waals surface area contributed by atoms with E-state index in [2.05, 4.69) is 15.2 Å². The van der Waals surface area contributed by atoms with E-state index in [-0.39, 0.29) is 10.8 Å². The molecule has 9 heteroatoms. The summed E-state index contributed by atoms with van der Waals surface area (Å²) in [6.07, 6.45) is 2.74. The first kappa shape index (κ1) is 17.8. The molecule has 1 fully saturated rings. The summed E-state index contributed by atoms with van der Waals surface area (Å²) in [6.45, 7) is 3.62. The molecule has 2 aromatic rings. The van der Waals surface area contributed by atoms with E-state index in [1.54, 1.807) is 18.3 Å². The molecule has 0 bridgehead atoms. The van der Waals surface area contributed by atoms with Crippen LogP contribution in [0.5, 0.6) is 0 Å². The predicted octanol–water partition coefficient (Wildman–Crippen LogP) is 2.16. The number of hydrogen-bond acceptors (Lipinski definition) is 6. The van der Waals surface area contributed by atoms with Crippen molar-refractivity contribution in [2.24, 2.45) is 0 Å². The number of benzene rings is 1. The zero-order valence-electron chi connectivity index (χ0n) is 14.3. The number of sulfonamides is 1. The lowest BCUT2D eigenvalue weighted by Gasteiger charge is -2.34. The molecule has 0 spiro atoms. The van der Waals surface area contributed by atoms with Crippen LogP contribution in [0, 0.1) is 6.92 Å². The van der Waals surface area contributed by atoms with Crippen molar-refractivity contribution in [1.82, 2.24) is 9.29 Å². The molecular weight excluding hydrogens is 360 g/mol. The Morgan fingerprint density at radius 1 is 1.32 bits per heavy atom. The number of aromatic nitrogens is 1. The minimum atomic E-state index is -3.61. The summed E-state index contributed by atoms with van der Waals surface area (Å²) in [6, 6.07) is 4.70. The van der Waals surface area contributed by atoms with E-state index in [1.165, 1.54) is 31.5 Å². The van der Waals surface area contributed by atoms with Crippen molar-refractivity contribution in [3.63, 3.8) is 0 Å².